The van der Waals surface area contributed by atoms with Crippen molar-refractivity contribution in [3.05, 3.63) is 29.3 Å². The van der Waals surface area contributed by atoms with E-state index in [0.717, 1.165) is 0 Å². The van der Waals surface area contributed by atoms with Crippen molar-refractivity contribution < 1.29 is 22.0 Å². The Kier molecular flexibility index (Phi) is 2.77. The van der Waals surface area contributed by atoms with E-state index in [4.69, 9.17) is 0 Å². The van der Waals surface area contributed by atoms with Gasteiger partial charge in [0, 0.05) is 12.1 Å². The first-order chi connectivity index (χ1) is 8.24. The highest BCUT2D eigenvalue weighted by Crippen LogP contribution is 2.29. The average molecular weight is 276 g/mol. The summed E-state index contributed by atoms with van der Waals surface area (Å²) in [5.41, 5.74) is -0.465. The van der Waals surface area contributed by atoms with Crippen molar-refractivity contribution >= 4 is 21.8 Å². The van der Waals surface area contributed by atoms with Crippen LogP contribution in [0.25, 0.3) is 0 Å². The van der Waals surface area contributed by atoms with Gasteiger partial charge in [0.1, 0.15) is 0 Å². The number of nitrogens with one attached hydrogen (secondary N) is 1. The maximum absolute atomic E-state index is 13.1. The van der Waals surface area contributed by atoms with Crippen molar-refractivity contribution in [1.29, 1.82) is 0 Å². The fraction of sp³-hybridized carbons (Fsp3) is 0.300. The molecule has 2 rings (SSSR count). The largest absolute Gasteiger partial charge is 0.326 e. The molecule has 0 aliphatic carbocycles. The zero-order chi connectivity index (χ0) is 13.7. The number of rotatable bonds is 1. The Morgan fingerprint density at radius 1 is 1.22 bits per heavy atom. The lowest BCUT2D eigenvalue weighted by Crippen LogP contribution is -2.48. The molecular weight excluding hydrogens is 266 g/mol. The lowest BCUT2D eigenvalue weighted by Gasteiger charge is -2.31. The Morgan fingerprint density at radius 2 is 1.78 bits per heavy atom. The highest BCUT2D eigenvalue weighted by atomic mass is 32.2. The highest BCUT2D eigenvalue weighted by molar-refractivity contribution is 7.91. The lowest BCUT2D eigenvalue weighted by atomic mass is 10.1. The molecule has 18 heavy (non-hydrogen) atoms. The molecular formula is C10H10F2N2O3S. The number of anilines is 1. The number of nitrogens with zero attached hydrogens (tertiary/aromatic N) is 1. The van der Waals surface area contributed by atoms with Crippen LogP contribution in [0, 0.1) is 11.6 Å². The van der Waals surface area contributed by atoms with E-state index in [1.807, 2.05) is 4.72 Å². The van der Waals surface area contributed by atoms with E-state index in [9.17, 15) is 22.0 Å². The minimum atomic E-state index is -4.07. The van der Waals surface area contributed by atoms with Gasteiger partial charge in [-0.05, 0) is 19.9 Å². The second kappa shape index (κ2) is 3.91. The molecule has 0 radical (unpaired) electrons. The van der Waals surface area contributed by atoms with Crippen molar-refractivity contribution in [2.75, 3.05) is 4.72 Å². The summed E-state index contributed by atoms with van der Waals surface area (Å²) in [6.45, 7) is 3.00. The lowest BCUT2D eigenvalue weighted by molar-refractivity contribution is 0.0833. The van der Waals surface area contributed by atoms with Crippen LogP contribution in [-0.4, -0.2) is 24.7 Å². The molecule has 0 bridgehead atoms. The third-order valence-corrected chi connectivity index (χ3v) is 4.04. The summed E-state index contributed by atoms with van der Waals surface area (Å²) in [5, 5.41) is 0. The number of amides is 1. The SMILES string of the molecule is CC(C)N1C(=O)c2cc(F)c(F)cc2NS1(=O)=O. The summed E-state index contributed by atoms with van der Waals surface area (Å²) in [7, 11) is -4.07. The normalized spacial score (nSPS) is 17.6. The molecule has 0 spiro atoms. The van der Waals surface area contributed by atoms with Crippen molar-refractivity contribution in [2.24, 2.45) is 0 Å². The number of halogens is 2. The minimum absolute atomic E-state index is 0.211. The summed E-state index contributed by atoms with van der Waals surface area (Å²) in [6.07, 6.45) is 0. The van der Waals surface area contributed by atoms with E-state index in [1.165, 1.54) is 13.8 Å². The molecule has 98 valence electrons. The molecule has 0 atom stereocenters. The van der Waals surface area contributed by atoms with Crippen LogP contribution < -0.4 is 4.72 Å². The van der Waals surface area contributed by atoms with E-state index in [1.54, 1.807) is 0 Å². The zero-order valence-electron chi connectivity index (χ0n) is 9.57. The van der Waals surface area contributed by atoms with Crippen LogP contribution >= 0.6 is 0 Å². The minimum Gasteiger partial charge on any atom is -0.268 e. The topological polar surface area (TPSA) is 66.5 Å². The Morgan fingerprint density at radius 3 is 2.33 bits per heavy atom. The first-order valence-corrected chi connectivity index (χ1v) is 6.53. The molecule has 1 aromatic carbocycles. The summed E-state index contributed by atoms with van der Waals surface area (Å²) in [4.78, 5) is 12.0. The molecule has 0 fully saturated rings. The first kappa shape index (κ1) is 12.7. The van der Waals surface area contributed by atoms with Crippen molar-refractivity contribution in [1.82, 2.24) is 4.31 Å². The fourth-order valence-corrected chi connectivity index (χ4v) is 3.15. The maximum atomic E-state index is 13.1. The number of hydrogen-bond donors (Lipinski definition) is 1. The van der Waals surface area contributed by atoms with Gasteiger partial charge >= 0.3 is 10.2 Å². The average Bonchev–Trinajstić information content (AvgIpc) is 2.19. The Hall–Kier alpha value is -1.70. The Bertz CT molecular complexity index is 628. The molecule has 1 amide bonds. The quantitative estimate of drug-likeness (QED) is 0.845. The number of hydrogen-bond acceptors (Lipinski definition) is 3. The molecule has 1 aliphatic rings. The molecule has 0 aromatic heterocycles. The van der Waals surface area contributed by atoms with Gasteiger partial charge in [0.2, 0.25) is 0 Å². The second-order valence-electron chi connectivity index (χ2n) is 4.11. The van der Waals surface area contributed by atoms with Crippen LogP contribution in [0.2, 0.25) is 0 Å². The molecule has 8 heteroatoms. The molecule has 1 heterocycles. The van der Waals surface area contributed by atoms with Crippen LogP contribution in [0.15, 0.2) is 12.1 Å². The summed E-state index contributed by atoms with van der Waals surface area (Å²) in [6, 6.07) is 0.707. The summed E-state index contributed by atoms with van der Waals surface area (Å²) < 4.78 is 52.3. The van der Waals surface area contributed by atoms with Gasteiger partial charge in [-0.1, -0.05) is 0 Å². The van der Waals surface area contributed by atoms with Crippen LogP contribution in [0.5, 0.6) is 0 Å². The van der Waals surface area contributed by atoms with Gasteiger partial charge in [0.05, 0.1) is 11.3 Å². The molecule has 0 saturated heterocycles. The molecule has 0 unspecified atom stereocenters. The van der Waals surface area contributed by atoms with Gasteiger partial charge in [-0.3, -0.25) is 9.52 Å². The van der Waals surface area contributed by atoms with Crippen LogP contribution in [-0.2, 0) is 10.2 Å². The summed E-state index contributed by atoms with van der Waals surface area (Å²) in [5.74, 6) is -3.30. The van der Waals surface area contributed by atoms with Gasteiger partial charge in [-0.15, -0.1) is 0 Å². The number of benzene rings is 1. The van der Waals surface area contributed by atoms with Gasteiger partial charge < -0.3 is 0 Å². The van der Waals surface area contributed by atoms with E-state index in [0.29, 0.717) is 16.4 Å². The van der Waals surface area contributed by atoms with Gasteiger partial charge in [0.25, 0.3) is 5.91 Å². The summed E-state index contributed by atoms with van der Waals surface area (Å²) >= 11 is 0. The monoisotopic (exact) mass is 276 g/mol. The van der Waals surface area contributed by atoms with Gasteiger partial charge in [0.15, 0.2) is 11.6 Å². The van der Waals surface area contributed by atoms with Crippen LogP contribution in [0.4, 0.5) is 14.5 Å². The second-order valence-corrected chi connectivity index (χ2v) is 5.66. The number of carbonyl (C=O) groups is 1. The first-order valence-electron chi connectivity index (χ1n) is 5.09. The van der Waals surface area contributed by atoms with Crippen molar-refractivity contribution in [3.8, 4) is 0 Å². The number of fused-ring (bicyclic) bond motifs is 1. The highest BCUT2D eigenvalue weighted by Gasteiger charge is 2.38. The Balaban J connectivity index is 2.66. The molecule has 1 aliphatic heterocycles. The van der Waals surface area contributed by atoms with E-state index >= 15 is 0 Å². The molecule has 0 saturated carbocycles. The predicted octanol–water partition coefficient (Wildman–Crippen LogP) is 1.49. The Labute approximate surface area is 103 Å². The van der Waals surface area contributed by atoms with Gasteiger partial charge in [-0.2, -0.15) is 8.42 Å². The maximum Gasteiger partial charge on any atom is 0.326 e. The number of carbonyl (C=O) groups excluding carboxylic acids is 1. The van der Waals surface area contributed by atoms with Crippen molar-refractivity contribution in [3.63, 3.8) is 0 Å². The fourth-order valence-electron chi connectivity index (χ4n) is 1.74. The van der Waals surface area contributed by atoms with E-state index < -0.39 is 33.8 Å². The van der Waals surface area contributed by atoms with Gasteiger partial charge in [-0.25, -0.2) is 13.1 Å². The van der Waals surface area contributed by atoms with E-state index in [2.05, 4.69) is 0 Å². The van der Waals surface area contributed by atoms with Crippen LogP contribution in [0.3, 0.4) is 0 Å². The van der Waals surface area contributed by atoms with E-state index in [-0.39, 0.29) is 11.3 Å². The molecule has 1 aromatic rings. The standard InChI is InChI=1S/C10H10F2N2O3S/c1-5(2)14-10(15)6-3-7(11)8(12)4-9(6)13-18(14,16)17/h3-5,13H,1-2H3. The third-order valence-electron chi connectivity index (χ3n) is 2.46. The predicted molar refractivity (Wildman–Crippen MR) is 60.2 cm³/mol. The van der Waals surface area contributed by atoms with Crippen LogP contribution in [0.1, 0.15) is 24.2 Å². The molecule has 1 N–H and O–H groups in total. The third kappa shape index (κ3) is 1.82. The van der Waals surface area contributed by atoms with Crippen molar-refractivity contribution in [2.45, 2.75) is 19.9 Å². The smallest absolute Gasteiger partial charge is 0.268 e. The zero-order valence-corrected chi connectivity index (χ0v) is 10.4. The molecule has 5 nitrogen and oxygen atoms in total.